The minimum Gasteiger partial charge on any atom is -0.356 e. The van der Waals surface area contributed by atoms with Crippen molar-refractivity contribution in [2.45, 2.75) is 38.4 Å². The van der Waals surface area contributed by atoms with Crippen LogP contribution >= 0.6 is 15.9 Å². The lowest BCUT2D eigenvalue weighted by Gasteiger charge is -2.22. The summed E-state index contributed by atoms with van der Waals surface area (Å²) in [7, 11) is -2.93. The fraction of sp³-hybridized carbons (Fsp3) is 0.474. The molecular weight excluding hydrogens is 414 g/mol. The zero-order valence-corrected chi connectivity index (χ0v) is 17.3. The van der Waals surface area contributed by atoms with Gasteiger partial charge in [-0.05, 0) is 43.5 Å². The minimum absolute atomic E-state index is 0.224. The van der Waals surface area contributed by atoms with E-state index in [1.54, 1.807) is 0 Å². The average Bonchev–Trinajstić information content (AvgIpc) is 3.22. The summed E-state index contributed by atoms with van der Waals surface area (Å²) in [5.41, 5.74) is 2.40. The Hall–Kier alpha value is -1.47. The van der Waals surface area contributed by atoms with Crippen LogP contribution in [0.3, 0.4) is 0 Å². The van der Waals surface area contributed by atoms with Crippen molar-refractivity contribution in [3.63, 3.8) is 0 Å². The predicted octanol–water partition coefficient (Wildman–Crippen LogP) is 3.55. The van der Waals surface area contributed by atoms with Gasteiger partial charge < -0.3 is 14.4 Å². The van der Waals surface area contributed by atoms with Crippen molar-refractivity contribution in [3.05, 3.63) is 46.8 Å². The first-order chi connectivity index (χ1) is 12.4. The third-order valence-electron chi connectivity index (χ3n) is 5.04. The molecule has 1 aliphatic carbocycles. The van der Waals surface area contributed by atoms with Gasteiger partial charge in [-0.2, -0.15) is 0 Å². The quantitative estimate of drug-likeness (QED) is 0.664. The SMILES string of the molecule is CS(=O)(=O)CCCn1c(CN2C=CN(C3CC3)C2)cc2cc(Br)ccc21. The lowest BCUT2D eigenvalue weighted by molar-refractivity contribution is 0.250. The van der Waals surface area contributed by atoms with E-state index in [9.17, 15) is 8.42 Å². The van der Waals surface area contributed by atoms with Crippen LogP contribution in [0.25, 0.3) is 10.9 Å². The van der Waals surface area contributed by atoms with Crippen molar-refractivity contribution in [3.8, 4) is 0 Å². The summed E-state index contributed by atoms with van der Waals surface area (Å²) in [5, 5.41) is 1.19. The molecule has 5 nitrogen and oxygen atoms in total. The highest BCUT2D eigenvalue weighted by Crippen LogP contribution is 2.30. The molecule has 140 valence electrons. The Morgan fingerprint density at radius 2 is 2.00 bits per heavy atom. The van der Waals surface area contributed by atoms with Gasteiger partial charge in [-0.25, -0.2) is 8.42 Å². The van der Waals surface area contributed by atoms with Gasteiger partial charge in [-0.15, -0.1) is 0 Å². The summed E-state index contributed by atoms with van der Waals surface area (Å²) in [6.45, 7) is 2.50. The number of rotatable bonds is 7. The lowest BCUT2D eigenvalue weighted by atomic mass is 10.2. The number of hydrogen-bond donors (Lipinski definition) is 0. The Balaban J connectivity index is 1.55. The van der Waals surface area contributed by atoms with Crippen molar-refractivity contribution >= 4 is 36.7 Å². The minimum atomic E-state index is -2.93. The van der Waals surface area contributed by atoms with Crippen LogP contribution in [0.1, 0.15) is 25.0 Å². The van der Waals surface area contributed by atoms with Gasteiger partial charge in [-0.3, -0.25) is 0 Å². The van der Waals surface area contributed by atoms with Crippen LogP contribution in [-0.4, -0.2) is 47.5 Å². The lowest BCUT2D eigenvalue weighted by Crippen LogP contribution is -2.27. The maximum Gasteiger partial charge on any atom is 0.147 e. The van der Waals surface area contributed by atoms with Gasteiger partial charge in [-0.1, -0.05) is 15.9 Å². The first-order valence-corrected chi connectivity index (χ1v) is 11.9. The molecule has 2 heterocycles. The average molecular weight is 438 g/mol. The monoisotopic (exact) mass is 437 g/mol. The number of hydrogen-bond acceptors (Lipinski definition) is 4. The third-order valence-corrected chi connectivity index (χ3v) is 6.56. The first-order valence-electron chi connectivity index (χ1n) is 9.02. The highest BCUT2D eigenvalue weighted by atomic mass is 79.9. The fourth-order valence-electron chi connectivity index (χ4n) is 3.62. The van der Waals surface area contributed by atoms with Crippen LogP contribution in [0.2, 0.25) is 0 Å². The number of nitrogens with zero attached hydrogens (tertiary/aromatic N) is 3. The van der Waals surface area contributed by atoms with Crippen molar-refractivity contribution in [2.24, 2.45) is 0 Å². The summed E-state index contributed by atoms with van der Waals surface area (Å²) < 4.78 is 26.3. The smallest absolute Gasteiger partial charge is 0.147 e. The molecule has 1 aliphatic heterocycles. The second-order valence-electron chi connectivity index (χ2n) is 7.41. The molecule has 4 rings (SSSR count). The molecule has 0 atom stereocenters. The topological polar surface area (TPSA) is 45.6 Å². The van der Waals surface area contributed by atoms with Crippen LogP contribution in [0.5, 0.6) is 0 Å². The van der Waals surface area contributed by atoms with Crippen LogP contribution < -0.4 is 0 Å². The van der Waals surface area contributed by atoms with Gasteiger partial charge in [0.05, 0.1) is 19.0 Å². The third kappa shape index (κ3) is 4.09. The molecule has 0 unspecified atom stereocenters. The number of sulfone groups is 1. The van der Waals surface area contributed by atoms with E-state index >= 15 is 0 Å². The van der Waals surface area contributed by atoms with E-state index in [-0.39, 0.29) is 5.75 Å². The molecule has 0 spiro atoms. The van der Waals surface area contributed by atoms with Crippen molar-refractivity contribution < 1.29 is 8.42 Å². The Labute approximate surface area is 163 Å². The van der Waals surface area contributed by atoms with Crippen LogP contribution in [0.15, 0.2) is 41.1 Å². The zero-order valence-electron chi connectivity index (χ0n) is 14.9. The molecule has 1 fully saturated rings. The predicted molar refractivity (Wildman–Crippen MR) is 108 cm³/mol. The number of aromatic nitrogens is 1. The summed E-state index contributed by atoms with van der Waals surface area (Å²) in [4.78, 5) is 4.74. The second kappa shape index (κ2) is 6.93. The van der Waals surface area contributed by atoms with Crippen LogP contribution in [0.4, 0.5) is 0 Å². The second-order valence-corrected chi connectivity index (χ2v) is 10.6. The molecule has 26 heavy (non-hydrogen) atoms. The Kier molecular flexibility index (Phi) is 4.77. The molecule has 0 saturated heterocycles. The largest absolute Gasteiger partial charge is 0.356 e. The molecule has 7 heteroatoms. The molecule has 1 aromatic heterocycles. The van der Waals surface area contributed by atoms with E-state index in [4.69, 9.17) is 0 Å². The van der Waals surface area contributed by atoms with E-state index in [2.05, 4.69) is 60.9 Å². The van der Waals surface area contributed by atoms with E-state index in [1.807, 2.05) is 6.07 Å². The molecule has 2 aromatic rings. The van der Waals surface area contributed by atoms with Crippen LogP contribution in [-0.2, 0) is 22.9 Å². The van der Waals surface area contributed by atoms with E-state index in [0.717, 1.165) is 30.3 Å². The molecule has 1 saturated carbocycles. The summed E-state index contributed by atoms with van der Waals surface area (Å²) >= 11 is 3.55. The maximum atomic E-state index is 11.5. The summed E-state index contributed by atoms with van der Waals surface area (Å²) in [6, 6.07) is 9.24. The number of fused-ring (bicyclic) bond motifs is 1. The number of benzene rings is 1. The Bertz CT molecular complexity index is 947. The maximum absolute atomic E-state index is 11.5. The van der Waals surface area contributed by atoms with E-state index in [1.165, 1.54) is 35.7 Å². The highest BCUT2D eigenvalue weighted by Gasteiger charge is 2.30. The number of halogens is 1. The van der Waals surface area contributed by atoms with Gasteiger partial charge in [0.1, 0.15) is 9.84 Å². The van der Waals surface area contributed by atoms with Gasteiger partial charge in [0.15, 0.2) is 0 Å². The fourth-order valence-corrected chi connectivity index (χ4v) is 4.65. The number of aryl methyl sites for hydroxylation is 1. The zero-order chi connectivity index (χ0) is 18.3. The van der Waals surface area contributed by atoms with E-state index < -0.39 is 9.84 Å². The van der Waals surface area contributed by atoms with Gasteiger partial charge in [0.2, 0.25) is 0 Å². The molecule has 0 radical (unpaired) electrons. The van der Waals surface area contributed by atoms with Gasteiger partial charge in [0.25, 0.3) is 0 Å². The molecular formula is C19H24BrN3O2S. The van der Waals surface area contributed by atoms with Crippen molar-refractivity contribution in [1.82, 2.24) is 14.4 Å². The molecule has 0 amide bonds. The van der Waals surface area contributed by atoms with Crippen molar-refractivity contribution in [2.75, 3.05) is 18.7 Å². The Morgan fingerprint density at radius 3 is 2.73 bits per heavy atom. The molecule has 1 aromatic carbocycles. The first kappa shape index (κ1) is 17.9. The summed E-state index contributed by atoms with van der Waals surface area (Å²) in [5.74, 6) is 0.224. The van der Waals surface area contributed by atoms with Gasteiger partial charge in [0, 0.05) is 52.3 Å². The van der Waals surface area contributed by atoms with Gasteiger partial charge >= 0.3 is 0 Å². The Morgan fingerprint density at radius 1 is 1.19 bits per heavy atom. The molecule has 0 bridgehead atoms. The standard InChI is InChI=1S/C19H24BrN3O2S/c1-26(24,25)10-2-7-23-18(12-15-11-16(20)3-6-19(15)23)13-21-8-9-22(14-21)17-4-5-17/h3,6,8-9,11-12,17H,2,4-5,7,10,13-14H2,1H3. The van der Waals surface area contributed by atoms with E-state index in [0.29, 0.717) is 6.42 Å². The van der Waals surface area contributed by atoms with Crippen molar-refractivity contribution in [1.29, 1.82) is 0 Å². The molecule has 2 aliphatic rings. The highest BCUT2D eigenvalue weighted by molar-refractivity contribution is 9.10. The van der Waals surface area contributed by atoms with Crippen LogP contribution in [0, 0.1) is 0 Å². The molecule has 0 N–H and O–H groups in total. The summed E-state index contributed by atoms with van der Waals surface area (Å²) in [6.07, 6.45) is 8.92. The normalized spacial score (nSPS) is 17.6.